The normalized spacial score (nSPS) is 14.6. The highest BCUT2D eigenvalue weighted by Crippen LogP contribution is 2.37. The van der Waals surface area contributed by atoms with Gasteiger partial charge in [-0.05, 0) is 28.1 Å². The number of rotatable bonds is 0. The van der Waals surface area contributed by atoms with E-state index in [2.05, 4.69) is 26.1 Å². The first kappa shape index (κ1) is 8.11. The predicted octanol–water partition coefficient (Wildman–Crippen LogP) is 2.10. The van der Waals surface area contributed by atoms with Crippen molar-refractivity contribution in [3.8, 4) is 11.6 Å². The molecule has 0 unspecified atom stereocenters. The molecule has 72 valence electrons. The van der Waals surface area contributed by atoms with Crippen LogP contribution in [-0.4, -0.2) is 23.4 Å². The van der Waals surface area contributed by atoms with E-state index in [4.69, 9.17) is 9.47 Å². The molecule has 0 amide bonds. The monoisotopic (exact) mass is 254 g/mol. The smallest absolute Gasteiger partial charge is 0.244 e. The van der Waals surface area contributed by atoms with Crippen LogP contribution < -0.4 is 9.47 Å². The Hall–Kier alpha value is -1.23. The maximum atomic E-state index is 5.53. The Morgan fingerprint density at radius 1 is 1.29 bits per heavy atom. The Balaban J connectivity index is 2.41. The molecule has 0 aliphatic carbocycles. The molecule has 1 aliphatic heterocycles. The molecule has 0 spiro atoms. The van der Waals surface area contributed by atoms with Gasteiger partial charge < -0.3 is 9.47 Å². The maximum Gasteiger partial charge on any atom is 0.244 e. The van der Waals surface area contributed by atoms with Gasteiger partial charge in [0.25, 0.3) is 0 Å². The zero-order valence-electron chi connectivity index (χ0n) is 7.21. The Morgan fingerprint density at radius 3 is 3.07 bits per heavy atom. The topological polar surface area (TPSA) is 47.1 Å². The fraction of sp³-hybridized carbons (Fsp3) is 0.222. The zero-order chi connectivity index (χ0) is 9.54. The van der Waals surface area contributed by atoms with Crippen molar-refractivity contribution >= 4 is 26.8 Å². The second-order valence-corrected chi connectivity index (χ2v) is 3.88. The number of hydrogen-bond donors (Lipinski definition) is 1. The molecule has 3 rings (SSSR count). The summed E-state index contributed by atoms with van der Waals surface area (Å²) in [4.78, 5) is 0. The molecule has 0 saturated heterocycles. The van der Waals surface area contributed by atoms with E-state index in [1.807, 2.05) is 12.1 Å². The minimum absolute atomic E-state index is 0.534. The maximum absolute atomic E-state index is 5.53. The highest BCUT2D eigenvalue weighted by atomic mass is 79.9. The van der Waals surface area contributed by atoms with E-state index < -0.39 is 0 Å². The van der Waals surface area contributed by atoms with Crippen LogP contribution in [0.15, 0.2) is 16.6 Å². The summed E-state index contributed by atoms with van der Waals surface area (Å²) in [7, 11) is 0. The van der Waals surface area contributed by atoms with E-state index in [0.717, 1.165) is 21.1 Å². The molecule has 4 nitrogen and oxygen atoms in total. The molecule has 0 radical (unpaired) electrons. The van der Waals surface area contributed by atoms with Gasteiger partial charge in [0, 0.05) is 4.47 Å². The van der Waals surface area contributed by atoms with Crippen molar-refractivity contribution in [2.75, 3.05) is 13.2 Å². The summed E-state index contributed by atoms with van der Waals surface area (Å²) in [5.74, 6) is 1.44. The summed E-state index contributed by atoms with van der Waals surface area (Å²) in [5.41, 5.74) is 0.916. The van der Waals surface area contributed by atoms with Crippen LogP contribution in [0.5, 0.6) is 11.6 Å². The van der Waals surface area contributed by atoms with Crippen LogP contribution in [0.1, 0.15) is 0 Å². The summed E-state index contributed by atoms with van der Waals surface area (Å²) >= 11 is 3.44. The Kier molecular flexibility index (Phi) is 1.67. The minimum atomic E-state index is 0.534. The van der Waals surface area contributed by atoms with Crippen molar-refractivity contribution in [3.63, 3.8) is 0 Å². The van der Waals surface area contributed by atoms with Crippen LogP contribution in [0.3, 0.4) is 0 Å². The number of halogens is 1. The molecule has 0 fully saturated rings. The van der Waals surface area contributed by atoms with E-state index in [0.29, 0.717) is 19.1 Å². The third-order valence-electron chi connectivity index (χ3n) is 2.18. The molecule has 0 bridgehead atoms. The van der Waals surface area contributed by atoms with E-state index in [1.54, 1.807) is 0 Å². The van der Waals surface area contributed by atoms with E-state index >= 15 is 0 Å². The second kappa shape index (κ2) is 2.88. The molecule has 2 aromatic rings. The molecule has 1 N–H and O–H groups in total. The van der Waals surface area contributed by atoms with Crippen LogP contribution >= 0.6 is 15.9 Å². The summed E-state index contributed by atoms with van der Waals surface area (Å²) in [6, 6.07) is 3.85. The number of H-pyrrole nitrogens is 1. The third kappa shape index (κ3) is 1.02. The highest BCUT2D eigenvalue weighted by Gasteiger charge is 2.17. The molecule has 1 aromatic carbocycles. The largest absolute Gasteiger partial charge is 0.489 e. The molecule has 14 heavy (non-hydrogen) atoms. The lowest BCUT2D eigenvalue weighted by atomic mass is 10.2. The number of aromatic nitrogens is 2. The second-order valence-electron chi connectivity index (χ2n) is 3.02. The lowest BCUT2D eigenvalue weighted by Gasteiger charge is -2.02. The van der Waals surface area contributed by atoms with Gasteiger partial charge in [0.15, 0.2) is 0 Å². The standard InChI is InChI=1S/C9H7BrN2O2/c10-5-1-2-6-7-8(5)11-12-9(7)14-4-3-13-6/h1-2H,3-4H2,(H,11,12). The average molecular weight is 255 g/mol. The molecule has 0 atom stereocenters. The fourth-order valence-corrected chi connectivity index (χ4v) is 1.98. The quantitative estimate of drug-likeness (QED) is 0.784. The summed E-state index contributed by atoms with van der Waals surface area (Å²) in [6.45, 7) is 1.10. The summed E-state index contributed by atoms with van der Waals surface area (Å²) in [6.07, 6.45) is 0. The molecule has 5 heteroatoms. The highest BCUT2D eigenvalue weighted by molar-refractivity contribution is 9.10. The average Bonchev–Trinajstić information content (AvgIpc) is 2.51. The first-order valence-electron chi connectivity index (χ1n) is 4.28. The first-order chi connectivity index (χ1) is 6.86. The number of hydrogen-bond acceptors (Lipinski definition) is 3. The van der Waals surface area contributed by atoms with Gasteiger partial charge in [-0.3, -0.25) is 5.10 Å². The van der Waals surface area contributed by atoms with Crippen molar-refractivity contribution in [2.45, 2.75) is 0 Å². The number of ether oxygens (including phenoxy) is 2. The van der Waals surface area contributed by atoms with Crippen molar-refractivity contribution in [2.24, 2.45) is 0 Å². The minimum Gasteiger partial charge on any atom is -0.489 e. The molecule has 2 heterocycles. The van der Waals surface area contributed by atoms with E-state index in [1.165, 1.54) is 0 Å². The zero-order valence-corrected chi connectivity index (χ0v) is 8.80. The van der Waals surface area contributed by atoms with Crippen LogP contribution in [0.4, 0.5) is 0 Å². The number of benzene rings is 1. The van der Waals surface area contributed by atoms with Gasteiger partial charge in [-0.15, -0.1) is 5.10 Å². The van der Waals surface area contributed by atoms with Crippen LogP contribution in [0, 0.1) is 0 Å². The van der Waals surface area contributed by atoms with Crippen LogP contribution in [-0.2, 0) is 0 Å². The van der Waals surface area contributed by atoms with Crippen LogP contribution in [0.25, 0.3) is 10.9 Å². The Morgan fingerprint density at radius 2 is 2.14 bits per heavy atom. The van der Waals surface area contributed by atoms with Crippen molar-refractivity contribution < 1.29 is 9.47 Å². The molecule has 1 aliphatic rings. The number of aromatic amines is 1. The van der Waals surface area contributed by atoms with E-state index in [9.17, 15) is 0 Å². The van der Waals surface area contributed by atoms with Gasteiger partial charge >= 0.3 is 0 Å². The lowest BCUT2D eigenvalue weighted by molar-refractivity contribution is 0.225. The van der Waals surface area contributed by atoms with Gasteiger partial charge in [-0.25, -0.2) is 0 Å². The van der Waals surface area contributed by atoms with Gasteiger partial charge in [-0.2, -0.15) is 0 Å². The van der Waals surface area contributed by atoms with E-state index in [-0.39, 0.29) is 0 Å². The SMILES string of the molecule is Brc1ccc2c3c(n[nH]c13)OCCO2. The van der Waals surface area contributed by atoms with Crippen molar-refractivity contribution in [1.29, 1.82) is 0 Å². The van der Waals surface area contributed by atoms with Crippen LogP contribution in [0.2, 0.25) is 0 Å². The van der Waals surface area contributed by atoms with Crippen molar-refractivity contribution in [1.82, 2.24) is 10.2 Å². The number of nitrogens with zero attached hydrogens (tertiary/aromatic N) is 1. The first-order valence-corrected chi connectivity index (χ1v) is 5.08. The molecule has 1 aromatic heterocycles. The molecular formula is C9H7BrN2O2. The molecular weight excluding hydrogens is 248 g/mol. The number of nitrogens with one attached hydrogen (secondary N) is 1. The molecule has 0 saturated carbocycles. The predicted molar refractivity (Wildman–Crippen MR) is 54.8 cm³/mol. The van der Waals surface area contributed by atoms with Gasteiger partial charge in [-0.1, -0.05) is 0 Å². The van der Waals surface area contributed by atoms with Crippen molar-refractivity contribution in [3.05, 3.63) is 16.6 Å². The summed E-state index contributed by atoms with van der Waals surface area (Å²) in [5, 5.41) is 7.92. The van der Waals surface area contributed by atoms with Gasteiger partial charge in [0.05, 0.1) is 5.52 Å². The summed E-state index contributed by atoms with van der Waals surface area (Å²) < 4.78 is 11.9. The Labute approximate surface area is 88.3 Å². The van der Waals surface area contributed by atoms with Gasteiger partial charge in [0.2, 0.25) is 5.88 Å². The third-order valence-corrected chi connectivity index (χ3v) is 2.84. The lowest BCUT2D eigenvalue weighted by Crippen LogP contribution is -2.06. The fourth-order valence-electron chi connectivity index (χ4n) is 1.56. The Bertz CT molecular complexity index is 495. The van der Waals surface area contributed by atoms with Gasteiger partial charge in [0.1, 0.15) is 24.3 Å².